The molecule has 0 saturated heterocycles. The smallest absolute Gasteiger partial charge is 0.434 e. The Morgan fingerprint density at radius 1 is 1.30 bits per heavy atom. The van der Waals surface area contributed by atoms with Crippen LogP contribution in [0.15, 0.2) is 53.8 Å². The van der Waals surface area contributed by atoms with Crippen molar-refractivity contribution >= 4 is 6.09 Å². The topological polar surface area (TPSA) is 56.5 Å². The maximum absolute atomic E-state index is 11.4. The van der Waals surface area contributed by atoms with Crippen molar-refractivity contribution in [1.82, 2.24) is 9.78 Å². The number of hydrogen-bond donors (Lipinski definition) is 0. The zero-order valence-electron chi connectivity index (χ0n) is 11.4. The van der Waals surface area contributed by atoms with Gasteiger partial charge in [-0.05, 0) is 24.6 Å². The second kappa shape index (κ2) is 7.23. The summed E-state index contributed by atoms with van der Waals surface area (Å²) in [4.78, 5) is 15.2. The van der Waals surface area contributed by atoms with Gasteiger partial charge in [0.15, 0.2) is 0 Å². The maximum Gasteiger partial charge on any atom is 0.434 e. The molecular weight excluding hydrogens is 254 g/mol. The predicted molar refractivity (Wildman–Crippen MR) is 75.4 cm³/mol. The molecule has 104 valence electrons. The summed E-state index contributed by atoms with van der Waals surface area (Å²) in [7, 11) is 0. The van der Waals surface area contributed by atoms with Crippen molar-refractivity contribution in [2.45, 2.75) is 19.8 Å². The molecule has 1 heterocycles. The summed E-state index contributed by atoms with van der Waals surface area (Å²) in [5.74, 6) is 0. The van der Waals surface area contributed by atoms with Crippen molar-refractivity contribution in [3.05, 3.63) is 54.1 Å². The van der Waals surface area contributed by atoms with Crippen LogP contribution in [0.4, 0.5) is 4.79 Å². The first-order valence-electron chi connectivity index (χ1n) is 6.61. The predicted octanol–water partition coefficient (Wildman–Crippen LogP) is 2.71. The summed E-state index contributed by atoms with van der Waals surface area (Å²) in [5.41, 5.74) is 0.949. The Bertz CT molecular complexity index is 600. The summed E-state index contributed by atoms with van der Waals surface area (Å²) in [6, 6.07) is 11.4. The fraction of sp³-hybridized carbons (Fsp3) is 0.267. The molecule has 0 bridgehead atoms. The number of nitrogens with zero attached hydrogens (tertiary/aromatic N) is 3. The summed E-state index contributed by atoms with van der Waals surface area (Å²) < 4.78 is 6.67. The highest BCUT2D eigenvalue weighted by molar-refractivity contribution is 5.68. The highest BCUT2D eigenvalue weighted by atomic mass is 16.5. The van der Waals surface area contributed by atoms with E-state index in [1.54, 1.807) is 16.9 Å². The molecule has 5 nitrogen and oxygen atoms in total. The number of unbranched alkanes of at least 4 members (excludes halogenated alkanes) is 1. The number of para-hydroxylation sites is 1. The molecule has 0 aliphatic heterocycles. The number of ether oxygens (including phenoxy) is 1. The second-order valence-electron chi connectivity index (χ2n) is 4.25. The summed E-state index contributed by atoms with van der Waals surface area (Å²) in [6.07, 6.45) is 4.55. The van der Waals surface area contributed by atoms with Crippen molar-refractivity contribution in [2.75, 3.05) is 6.61 Å². The molecule has 2 rings (SSSR count). The highest BCUT2D eigenvalue weighted by Gasteiger charge is 1.98. The minimum atomic E-state index is -0.572. The van der Waals surface area contributed by atoms with Crippen LogP contribution in [0.2, 0.25) is 0 Å². The normalized spacial score (nSPS) is 11.3. The van der Waals surface area contributed by atoms with E-state index in [-0.39, 0.29) is 0 Å². The van der Waals surface area contributed by atoms with E-state index in [1.807, 2.05) is 37.3 Å². The van der Waals surface area contributed by atoms with Gasteiger partial charge in [-0.3, -0.25) is 0 Å². The van der Waals surface area contributed by atoms with Gasteiger partial charge < -0.3 is 4.74 Å². The quantitative estimate of drug-likeness (QED) is 0.803. The van der Waals surface area contributed by atoms with Crippen molar-refractivity contribution in [1.29, 1.82) is 0 Å². The molecule has 0 aliphatic rings. The van der Waals surface area contributed by atoms with Gasteiger partial charge >= 0.3 is 6.09 Å². The van der Waals surface area contributed by atoms with E-state index in [9.17, 15) is 4.79 Å². The van der Waals surface area contributed by atoms with Gasteiger partial charge in [-0.15, -0.1) is 0 Å². The third-order valence-electron chi connectivity index (χ3n) is 2.67. The Morgan fingerprint density at radius 3 is 2.75 bits per heavy atom. The lowest BCUT2D eigenvalue weighted by Gasteiger charge is -2.03. The van der Waals surface area contributed by atoms with Crippen LogP contribution in [0.1, 0.15) is 19.8 Å². The molecule has 1 aromatic carbocycles. The molecule has 0 spiro atoms. The first-order valence-corrected chi connectivity index (χ1v) is 6.61. The highest BCUT2D eigenvalue weighted by Crippen LogP contribution is 2.02. The molecule has 0 atom stereocenters. The van der Waals surface area contributed by atoms with Crippen molar-refractivity contribution in [3.63, 3.8) is 0 Å². The Labute approximate surface area is 117 Å². The van der Waals surface area contributed by atoms with Gasteiger partial charge in [0.2, 0.25) is 0 Å². The summed E-state index contributed by atoms with van der Waals surface area (Å²) >= 11 is 0. The molecule has 0 aliphatic carbocycles. The Hall–Kier alpha value is -2.43. The van der Waals surface area contributed by atoms with E-state index in [1.165, 1.54) is 6.20 Å². The van der Waals surface area contributed by atoms with Gasteiger partial charge in [0.05, 0.1) is 23.8 Å². The largest absolute Gasteiger partial charge is 0.448 e. The van der Waals surface area contributed by atoms with Crippen molar-refractivity contribution in [2.24, 2.45) is 4.99 Å². The van der Waals surface area contributed by atoms with E-state index in [4.69, 9.17) is 4.74 Å². The fourth-order valence-corrected chi connectivity index (χ4v) is 1.59. The first-order chi connectivity index (χ1) is 9.79. The van der Waals surface area contributed by atoms with E-state index in [0.717, 1.165) is 18.5 Å². The molecule has 5 heteroatoms. The van der Waals surface area contributed by atoms with Crippen LogP contribution in [0.3, 0.4) is 0 Å². The Kier molecular flexibility index (Phi) is 5.06. The molecule has 0 saturated carbocycles. The maximum atomic E-state index is 11.4. The Balaban J connectivity index is 2.06. The molecule has 20 heavy (non-hydrogen) atoms. The van der Waals surface area contributed by atoms with Crippen LogP contribution in [-0.2, 0) is 4.74 Å². The average Bonchev–Trinajstić information content (AvgIpc) is 2.49. The van der Waals surface area contributed by atoms with E-state index in [0.29, 0.717) is 12.0 Å². The van der Waals surface area contributed by atoms with Crippen molar-refractivity contribution < 1.29 is 9.53 Å². The SMILES string of the molecule is CCCCOC(=O)/N=c1\ccn(-c2ccccc2)nc1. The van der Waals surface area contributed by atoms with Crippen molar-refractivity contribution in [3.8, 4) is 5.69 Å². The monoisotopic (exact) mass is 271 g/mol. The van der Waals surface area contributed by atoms with Gasteiger partial charge in [0.1, 0.15) is 0 Å². The molecule has 0 N–H and O–H groups in total. The van der Waals surface area contributed by atoms with Crippen LogP contribution >= 0.6 is 0 Å². The number of carbonyl (C=O) groups is 1. The minimum absolute atomic E-state index is 0.406. The third kappa shape index (κ3) is 4.05. The lowest BCUT2D eigenvalue weighted by atomic mass is 10.3. The van der Waals surface area contributed by atoms with E-state index >= 15 is 0 Å². The lowest BCUT2D eigenvalue weighted by molar-refractivity contribution is 0.154. The second-order valence-corrected chi connectivity index (χ2v) is 4.25. The first kappa shape index (κ1) is 14.0. The van der Waals surface area contributed by atoms with E-state index in [2.05, 4.69) is 10.1 Å². The van der Waals surface area contributed by atoms with Crippen LogP contribution in [-0.4, -0.2) is 22.5 Å². The minimum Gasteiger partial charge on any atom is -0.448 e. The molecular formula is C15H17N3O2. The fourth-order valence-electron chi connectivity index (χ4n) is 1.59. The summed E-state index contributed by atoms with van der Waals surface area (Å²) in [5, 5.41) is 4.70. The number of amides is 1. The lowest BCUT2D eigenvalue weighted by Crippen LogP contribution is -2.12. The number of benzene rings is 1. The van der Waals surface area contributed by atoms with Crippen LogP contribution in [0.25, 0.3) is 5.69 Å². The van der Waals surface area contributed by atoms with Crippen LogP contribution in [0.5, 0.6) is 0 Å². The number of aromatic nitrogens is 2. The van der Waals surface area contributed by atoms with E-state index < -0.39 is 6.09 Å². The Morgan fingerprint density at radius 2 is 2.10 bits per heavy atom. The molecule has 1 amide bonds. The zero-order chi connectivity index (χ0) is 14.2. The molecule has 2 aromatic rings. The van der Waals surface area contributed by atoms with Gasteiger partial charge in [-0.2, -0.15) is 10.1 Å². The number of rotatable bonds is 4. The van der Waals surface area contributed by atoms with Gasteiger partial charge in [-0.25, -0.2) is 9.48 Å². The molecule has 1 aromatic heterocycles. The number of carbonyl (C=O) groups excluding carboxylic acids is 1. The van der Waals surface area contributed by atoms with Gasteiger partial charge in [-0.1, -0.05) is 31.5 Å². The van der Waals surface area contributed by atoms with Gasteiger partial charge in [0.25, 0.3) is 0 Å². The molecule has 0 unspecified atom stereocenters. The number of hydrogen-bond acceptors (Lipinski definition) is 3. The van der Waals surface area contributed by atoms with Crippen LogP contribution in [0, 0.1) is 0 Å². The zero-order valence-corrected chi connectivity index (χ0v) is 11.4. The standard InChI is InChI=1S/C15H17N3O2/c1-2-3-11-20-15(19)17-13-9-10-18(16-12-13)14-7-5-4-6-8-14/h4-10,12H,2-3,11H2,1H3/b17-13+. The molecule has 0 radical (unpaired) electrons. The molecule has 0 fully saturated rings. The average molecular weight is 271 g/mol. The third-order valence-corrected chi connectivity index (χ3v) is 2.67. The summed E-state index contributed by atoms with van der Waals surface area (Å²) in [6.45, 7) is 2.44. The van der Waals surface area contributed by atoms with Gasteiger partial charge in [0, 0.05) is 6.20 Å². The van der Waals surface area contributed by atoms with Crippen LogP contribution < -0.4 is 5.36 Å².